The van der Waals surface area contributed by atoms with Crippen LogP contribution in [0.5, 0.6) is 5.88 Å². The fourth-order valence-corrected chi connectivity index (χ4v) is 4.90. The van der Waals surface area contributed by atoms with Gasteiger partial charge < -0.3 is 29.2 Å². The van der Waals surface area contributed by atoms with E-state index < -0.39 is 6.09 Å². The van der Waals surface area contributed by atoms with Crippen LogP contribution in [0.15, 0.2) is 72.4 Å². The number of rotatable bonds is 8. The number of methoxy groups -OCH3 is 1. The van der Waals surface area contributed by atoms with Crippen LogP contribution in [0.2, 0.25) is 0 Å². The molecule has 0 spiro atoms. The molecule has 0 unspecified atom stereocenters. The molecule has 4 aliphatic rings. The number of nitrogens with one attached hydrogen (secondary N) is 1. The lowest BCUT2D eigenvalue weighted by Crippen LogP contribution is -2.51. The van der Waals surface area contributed by atoms with Crippen molar-refractivity contribution >= 4 is 22.8 Å². The average Bonchev–Trinajstić information content (AvgIpc) is 3.30. The van der Waals surface area contributed by atoms with Gasteiger partial charge in [-0.2, -0.15) is 0 Å². The summed E-state index contributed by atoms with van der Waals surface area (Å²) in [6.45, 7) is 3.64. The van der Waals surface area contributed by atoms with Gasteiger partial charge in [0.2, 0.25) is 11.8 Å². The molecule has 1 aliphatic carbocycles. The molecule has 5 heterocycles. The van der Waals surface area contributed by atoms with E-state index in [-0.39, 0.29) is 6.10 Å². The average molecular weight is 504 g/mol. The van der Waals surface area contributed by atoms with E-state index in [1.54, 1.807) is 13.4 Å². The van der Waals surface area contributed by atoms with Crippen molar-refractivity contribution in [1.29, 1.82) is 0 Å². The summed E-state index contributed by atoms with van der Waals surface area (Å²) in [4.78, 5) is 25.3. The summed E-state index contributed by atoms with van der Waals surface area (Å²) in [5, 5.41) is 3.46. The summed E-state index contributed by atoms with van der Waals surface area (Å²) < 4.78 is 22.3. The first kappa shape index (κ1) is 23.4. The first-order valence-corrected chi connectivity index (χ1v) is 12.5. The monoisotopic (exact) mass is 503 g/mol. The second kappa shape index (κ2) is 10.1. The van der Waals surface area contributed by atoms with Gasteiger partial charge in [0, 0.05) is 44.4 Å². The SMILES string of the molecule is COc1ccc2nccc(N3CC(CNC[C@H]4CN(C5=COC=C(C6=CC=CCC6)O5)C(=O)O4)C3)c2n1. The lowest BCUT2D eigenvalue weighted by molar-refractivity contribution is 0.118. The maximum Gasteiger partial charge on any atom is 0.417 e. The van der Waals surface area contributed by atoms with E-state index in [2.05, 4.69) is 26.3 Å². The summed E-state index contributed by atoms with van der Waals surface area (Å²) in [7, 11) is 1.62. The summed E-state index contributed by atoms with van der Waals surface area (Å²) in [5.41, 5.74) is 3.81. The number of carbonyl (C=O) groups excluding carboxylic acids is 1. The second-order valence-corrected chi connectivity index (χ2v) is 9.43. The van der Waals surface area contributed by atoms with E-state index in [0.29, 0.717) is 36.5 Å². The van der Waals surface area contributed by atoms with Crippen molar-refractivity contribution in [2.45, 2.75) is 18.9 Å². The lowest BCUT2D eigenvalue weighted by atomic mass is 9.99. The Morgan fingerprint density at radius 3 is 2.92 bits per heavy atom. The van der Waals surface area contributed by atoms with Gasteiger partial charge >= 0.3 is 6.09 Å². The first-order chi connectivity index (χ1) is 18.2. The topological polar surface area (TPSA) is 98.3 Å². The summed E-state index contributed by atoms with van der Waals surface area (Å²) in [6, 6.07) is 5.75. The number of fused-ring (bicyclic) bond motifs is 1. The molecule has 0 saturated carbocycles. The van der Waals surface area contributed by atoms with E-state index in [4.69, 9.17) is 18.9 Å². The molecule has 3 aliphatic heterocycles. The van der Waals surface area contributed by atoms with Crippen LogP contribution in [0.3, 0.4) is 0 Å². The van der Waals surface area contributed by atoms with E-state index in [9.17, 15) is 4.79 Å². The third-order valence-corrected chi connectivity index (χ3v) is 6.88. The molecule has 1 amide bonds. The van der Waals surface area contributed by atoms with E-state index >= 15 is 0 Å². The molecule has 2 saturated heterocycles. The minimum atomic E-state index is -0.428. The Bertz CT molecular complexity index is 1310. The summed E-state index contributed by atoms with van der Waals surface area (Å²) in [6.07, 6.45) is 12.1. The number of cyclic esters (lactones) is 1. The molecule has 1 atom stereocenters. The number of nitrogens with zero attached hydrogens (tertiary/aromatic N) is 4. The Balaban J connectivity index is 0.975. The molecular formula is C27H29N5O5. The fourth-order valence-electron chi connectivity index (χ4n) is 4.90. The van der Waals surface area contributed by atoms with Crippen LogP contribution in [0.4, 0.5) is 10.5 Å². The third-order valence-electron chi connectivity index (χ3n) is 6.88. The molecule has 0 aromatic carbocycles. The van der Waals surface area contributed by atoms with Crippen molar-refractivity contribution in [1.82, 2.24) is 20.2 Å². The van der Waals surface area contributed by atoms with Crippen molar-refractivity contribution < 1.29 is 23.7 Å². The Kier molecular flexibility index (Phi) is 6.40. The fraction of sp³-hybridized carbons (Fsp3) is 0.370. The first-order valence-electron chi connectivity index (χ1n) is 12.5. The van der Waals surface area contributed by atoms with Crippen LogP contribution >= 0.6 is 0 Å². The molecular weight excluding hydrogens is 474 g/mol. The third kappa shape index (κ3) is 4.84. The van der Waals surface area contributed by atoms with E-state index in [1.165, 1.54) is 11.2 Å². The molecule has 2 fully saturated rings. The van der Waals surface area contributed by atoms with Gasteiger partial charge in [0.25, 0.3) is 0 Å². The highest BCUT2D eigenvalue weighted by Gasteiger charge is 2.36. The molecule has 0 bridgehead atoms. The van der Waals surface area contributed by atoms with Crippen LogP contribution in [-0.4, -0.2) is 66.9 Å². The molecule has 2 aromatic rings. The zero-order valence-electron chi connectivity index (χ0n) is 20.6. The van der Waals surface area contributed by atoms with Gasteiger partial charge in [0.05, 0.1) is 24.9 Å². The van der Waals surface area contributed by atoms with Crippen molar-refractivity contribution in [2.24, 2.45) is 5.92 Å². The van der Waals surface area contributed by atoms with Crippen LogP contribution < -0.4 is 15.0 Å². The quantitative estimate of drug-likeness (QED) is 0.581. The van der Waals surface area contributed by atoms with Gasteiger partial charge in [0.1, 0.15) is 17.9 Å². The minimum Gasteiger partial charge on any atom is -0.481 e. The Morgan fingerprint density at radius 1 is 1.16 bits per heavy atom. The van der Waals surface area contributed by atoms with Gasteiger partial charge in [-0.15, -0.1) is 0 Å². The molecule has 192 valence electrons. The number of hydrogen-bond acceptors (Lipinski definition) is 9. The lowest BCUT2D eigenvalue weighted by Gasteiger charge is -2.41. The van der Waals surface area contributed by atoms with Crippen molar-refractivity contribution in [3.63, 3.8) is 0 Å². The molecule has 2 aromatic heterocycles. The minimum absolute atomic E-state index is 0.264. The summed E-state index contributed by atoms with van der Waals surface area (Å²) in [5.74, 6) is 2.05. The van der Waals surface area contributed by atoms with Gasteiger partial charge in [-0.3, -0.25) is 4.98 Å². The number of anilines is 1. The van der Waals surface area contributed by atoms with Crippen LogP contribution in [-0.2, 0) is 14.2 Å². The normalized spacial score (nSPS) is 21.5. The predicted octanol–water partition coefficient (Wildman–Crippen LogP) is 3.45. The smallest absolute Gasteiger partial charge is 0.417 e. The van der Waals surface area contributed by atoms with Crippen molar-refractivity contribution in [2.75, 3.05) is 44.7 Å². The highest BCUT2D eigenvalue weighted by atomic mass is 16.6. The number of aromatic nitrogens is 2. The van der Waals surface area contributed by atoms with Gasteiger partial charge in [-0.05, 0) is 30.5 Å². The highest BCUT2D eigenvalue weighted by Crippen LogP contribution is 2.31. The van der Waals surface area contributed by atoms with Crippen LogP contribution in [0, 0.1) is 5.92 Å². The zero-order valence-corrected chi connectivity index (χ0v) is 20.6. The molecule has 10 nitrogen and oxygen atoms in total. The number of pyridine rings is 2. The molecule has 0 radical (unpaired) electrons. The van der Waals surface area contributed by atoms with Crippen LogP contribution in [0.1, 0.15) is 12.8 Å². The number of allylic oxidation sites excluding steroid dienone is 4. The van der Waals surface area contributed by atoms with Crippen molar-refractivity contribution in [3.05, 3.63) is 72.4 Å². The predicted molar refractivity (Wildman–Crippen MR) is 136 cm³/mol. The Labute approximate surface area is 214 Å². The zero-order chi connectivity index (χ0) is 25.2. The molecule has 1 N–H and O–H groups in total. The Hall–Kier alpha value is -4.05. The number of hydrogen-bond donors (Lipinski definition) is 1. The molecule has 37 heavy (non-hydrogen) atoms. The van der Waals surface area contributed by atoms with Crippen LogP contribution in [0.25, 0.3) is 11.0 Å². The number of carbonyl (C=O) groups is 1. The van der Waals surface area contributed by atoms with Gasteiger partial charge in [-0.1, -0.05) is 18.2 Å². The Morgan fingerprint density at radius 2 is 2.08 bits per heavy atom. The largest absolute Gasteiger partial charge is 0.481 e. The number of ether oxygens (including phenoxy) is 4. The second-order valence-electron chi connectivity index (χ2n) is 9.43. The van der Waals surface area contributed by atoms with E-state index in [1.807, 2.05) is 36.5 Å². The van der Waals surface area contributed by atoms with E-state index in [0.717, 1.165) is 54.8 Å². The molecule has 6 rings (SSSR count). The molecule has 10 heteroatoms. The maximum atomic E-state index is 12.5. The standard InChI is InChI=1S/C27H29N5O5/c1-34-24-8-7-21-26(30-24)22(9-10-29-21)31-13-18(14-31)11-28-12-20-15-32(27(33)36-20)25-17-35-16-23(37-25)19-5-3-2-4-6-19/h2-3,5,7-10,16-18,20,28H,4,6,11-15H2,1H3/t20-/m0/s1. The number of amides is 1. The highest BCUT2D eigenvalue weighted by molar-refractivity contribution is 5.88. The maximum absolute atomic E-state index is 12.5. The van der Waals surface area contributed by atoms with Crippen molar-refractivity contribution in [3.8, 4) is 5.88 Å². The van der Waals surface area contributed by atoms with Gasteiger partial charge in [0.15, 0.2) is 12.0 Å². The summed E-state index contributed by atoms with van der Waals surface area (Å²) >= 11 is 0. The van der Waals surface area contributed by atoms with Gasteiger partial charge in [-0.25, -0.2) is 14.7 Å².